The van der Waals surface area contributed by atoms with E-state index in [4.69, 9.17) is 14.0 Å². The highest BCUT2D eigenvalue weighted by atomic mass is 16.5. The second kappa shape index (κ2) is 6.20. The molecule has 0 aliphatic carbocycles. The van der Waals surface area contributed by atoms with Gasteiger partial charge in [-0.25, -0.2) is 0 Å². The van der Waals surface area contributed by atoms with Crippen LogP contribution in [0.25, 0.3) is 0 Å². The lowest BCUT2D eigenvalue weighted by Gasteiger charge is -2.07. The van der Waals surface area contributed by atoms with Crippen LogP contribution in [0, 0.1) is 6.92 Å². The van der Waals surface area contributed by atoms with E-state index in [1.807, 2.05) is 37.3 Å². The van der Waals surface area contributed by atoms with Gasteiger partial charge in [0.05, 0.1) is 5.56 Å². The van der Waals surface area contributed by atoms with Crippen molar-refractivity contribution in [2.75, 3.05) is 7.11 Å². The summed E-state index contributed by atoms with van der Waals surface area (Å²) in [5, 5.41) is 3.92. The fourth-order valence-corrected chi connectivity index (χ4v) is 1.77. The summed E-state index contributed by atoms with van der Waals surface area (Å²) in [4.78, 5) is 0. The van der Waals surface area contributed by atoms with E-state index in [0.29, 0.717) is 18.2 Å². The van der Waals surface area contributed by atoms with Crippen LogP contribution < -0.4 is 4.74 Å². The predicted molar refractivity (Wildman–Crippen MR) is 72.0 cm³/mol. The lowest BCUT2D eigenvalue weighted by Crippen LogP contribution is -1.99. The van der Waals surface area contributed by atoms with Crippen LogP contribution in [-0.2, 0) is 11.3 Å². The van der Waals surface area contributed by atoms with Gasteiger partial charge in [0, 0.05) is 7.11 Å². The van der Waals surface area contributed by atoms with Crippen molar-refractivity contribution in [2.45, 2.75) is 19.6 Å². The Labute approximate surface area is 112 Å². The second-order valence-electron chi connectivity index (χ2n) is 4.14. The van der Waals surface area contributed by atoms with Crippen LogP contribution in [0.3, 0.4) is 0 Å². The summed E-state index contributed by atoms with van der Waals surface area (Å²) in [6.45, 7) is 6.05. The van der Waals surface area contributed by atoms with Crippen LogP contribution in [-0.4, -0.2) is 12.3 Å². The molecule has 4 heteroatoms. The largest absolute Gasteiger partial charge is 0.470 e. The van der Waals surface area contributed by atoms with Crippen LogP contribution in [0.4, 0.5) is 0 Å². The molecule has 0 saturated carbocycles. The second-order valence-corrected chi connectivity index (χ2v) is 4.14. The molecule has 0 aliphatic rings. The molecule has 0 aliphatic heterocycles. The van der Waals surface area contributed by atoms with E-state index in [2.05, 4.69) is 11.7 Å². The zero-order valence-corrected chi connectivity index (χ0v) is 11.1. The molecule has 0 fully saturated rings. The van der Waals surface area contributed by atoms with Gasteiger partial charge in [0.2, 0.25) is 0 Å². The van der Waals surface area contributed by atoms with Crippen molar-refractivity contribution in [2.24, 2.45) is 0 Å². The molecular weight excluding hydrogens is 242 g/mol. The van der Waals surface area contributed by atoms with Gasteiger partial charge < -0.3 is 14.0 Å². The monoisotopic (exact) mass is 259 g/mol. The van der Waals surface area contributed by atoms with E-state index in [1.165, 1.54) is 0 Å². The van der Waals surface area contributed by atoms with E-state index >= 15 is 0 Å². The maximum absolute atomic E-state index is 5.65. The third-order valence-corrected chi connectivity index (χ3v) is 2.86. The summed E-state index contributed by atoms with van der Waals surface area (Å²) >= 11 is 0. The van der Waals surface area contributed by atoms with Crippen LogP contribution in [0.1, 0.15) is 23.0 Å². The molecule has 0 saturated heterocycles. The van der Waals surface area contributed by atoms with Gasteiger partial charge in [0.25, 0.3) is 5.88 Å². The molecule has 1 heterocycles. The van der Waals surface area contributed by atoms with E-state index in [1.54, 1.807) is 13.2 Å². The first kappa shape index (κ1) is 13.4. The first-order valence-electron chi connectivity index (χ1n) is 6.04. The Hall–Kier alpha value is -2.07. The zero-order chi connectivity index (χ0) is 13.7. The minimum atomic E-state index is -0.304. The number of methoxy groups -OCH3 is 1. The highest BCUT2D eigenvalue weighted by Gasteiger charge is 2.19. The first-order chi connectivity index (χ1) is 9.26. The summed E-state index contributed by atoms with van der Waals surface area (Å²) < 4.78 is 16.1. The molecule has 1 aromatic carbocycles. The maximum atomic E-state index is 5.65. The van der Waals surface area contributed by atoms with Gasteiger partial charge in [-0.2, -0.15) is 0 Å². The number of benzene rings is 1. The van der Waals surface area contributed by atoms with Gasteiger partial charge >= 0.3 is 0 Å². The quantitative estimate of drug-likeness (QED) is 0.745. The van der Waals surface area contributed by atoms with Gasteiger partial charge in [-0.1, -0.05) is 36.4 Å². The number of hydrogen-bond donors (Lipinski definition) is 0. The van der Waals surface area contributed by atoms with Crippen molar-refractivity contribution in [3.8, 4) is 5.88 Å². The molecule has 2 rings (SSSR count). The molecule has 0 bridgehead atoms. The normalized spacial score (nSPS) is 12.1. The molecule has 0 radical (unpaired) electrons. The van der Waals surface area contributed by atoms with Crippen LogP contribution in [0.2, 0.25) is 0 Å². The molecular formula is C15H17NO3. The lowest BCUT2D eigenvalue weighted by molar-refractivity contribution is 0.114. The Kier molecular flexibility index (Phi) is 4.36. The van der Waals surface area contributed by atoms with Gasteiger partial charge in [0.15, 0.2) is 5.76 Å². The van der Waals surface area contributed by atoms with E-state index in [-0.39, 0.29) is 6.10 Å². The Balaban J connectivity index is 2.08. The number of ether oxygens (including phenoxy) is 2. The highest BCUT2D eigenvalue weighted by molar-refractivity contribution is 5.30. The Morgan fingerprint density at radius 1 is 1.37 bits per heavy atom. The highest BCUT2D eigenvalue weighted by Crippen LogP contribution is 2.28. The van der Waals surface area contributed by atoms with Gasteiger partial charge in [0.1, 0.15) is 12.7 Å². The number of hydrogen-bond acceptors (Lipinski definition) is 4. The van der Waals surface area contributed by atoms with Crippen molar-refractivity contribution in [1.82, 2.24) is 5.16 Å². The van der Waals surface area contributed by atoms with Gasteiger partial charge in [-0.3, -0.25) is 0 Å². The van der Waals surface area contributed by atoms with Gasteiger partial charge in [-0.05, 0) is 17.6 Å². The summed E-state index contributed by atoms with van der Waals surface area (Å²) in [5.74, 6) is 1.11. The molecule has 1 atom stereocenters. The average molecular weight is 259 g/mol. The number of rotatable bonds is 6. The third kappa shape index (κ3) is 3.03. The first-order valence-corrected chi connectivity index (χ1v) is 6.04. The molecule has 4 nitrogen and oxygen atoms in total. The molecule has 0 spiro atoms. The molecule has 19 heavy (non-hydrogen) atoms. The Morgan fingerprint density at radius 2 is 2.11 bits per heavy atom. The number of nitrogens with zero attached hydrogens (tertiary/aromatic N) is 1. The van der Waals surface area contributed by atoms with Crippen LogP contribution in [0.5, 0.6) is 5.88 Å². The lowest BCUT2D eigenvalue weighted by atomic mass is 10.2. The van der Waals surface area contributed by atoms with Gasteiger partial charge in [-0.15, -0.1) is 6.58 Å². The standard InChI is InChI=1S/C15H17NO3/c1-4-13(17-3)14-11(2)15(16-19-14)18-10-12-8-6-5-7-9-12/h4-9,13H,1,10H2,2-3H3/t13-/m1/s1. The van der Waals surface area contributed by atoms with Crippen LogP contribution >= 0.6 is 0 Å². The summed E-state index contributed by atoms with van der Waals surface area (Å²) in [6, 6.07) is 9.91. The molecule has 2 aromatic rings. The summed E-state index contributed by atoms with van der Waals surface area (Å²) in [6.07, 6.45) is 1.36. The predicted octanol–water partition coefficient (Wildman–Crippen LogP) is 3.44. The third-order valence-electron chi connectivity index (χ3n) is 2.86. The topological polar surface area (TPSA) is 44.5 Å². The summed E-state index contributed by atoms with van der Waals surface area (Å²) in [5.41, 5.74) is 1.92. The SMILES string of the molecule is C=C[C@@H](OC)c1onc(OCc2ccccc2)c1C. The minimum Gasteiger partial charge on any atom is -0.470 e. The van der Waals surface area contributed by atoms with Crippen molar-refractivity contribution in [1.29, 1.82) is 0 Å². The molecule has 0 N–H and O–H groups in total. The van der Waals surface area contributed by atoms with E-state index < -0.39 is 0 Å². The molecule has 0 unspecified atom stereocenters. The van der Waals surface area contributed by atoms with Crippen molar-refractivity contribution >= 4 is 0 Å². The smallest absolute Gasteiger partial charge is 0.257 e. The fraction of sp³-hybridized carbons (Fsp3) is 0.267. The fourth-order valence-electron chi connectivity index (χ4n) is 1.77. The Bertz CT molecular complexity index is 534. The average Bonchev–Trinajstić information content (AvgIpc) is 2.81. The Morgan fingerprint density at radius 3 is 2.74 bits per heavy atom. The van der Waals surface area contributed by atoms with E-state index in [0.717, 1.165) is 11.1 Å². The minimum absolute atomic E-state index is 0.304. The molecule has 1 aromatic heterocycles. The van der Waals surface area contributed by atoms with Crippen molar-refractivity contribution < 1.29 is 14.0 Å². The summed E-state index contributed by atoms with van der Waals surface area (Å²) in [7, 11) is 1.60. The zero-order valence-electron chi connectivity index (χ0n) is 11.1. The molecule has 0 amide bonds. The number of aromatic nitrogens is 1. The van der Waals surface area contributed by atoms with Crippen molar-refractivity contribution in [3.63, 3.8) is 0 Å². The van der Waals surface area contributed by atoms with E-state index in [9.17, 15) is 0 Å². The van der Waals surface area contributed by atoms with Crippen molar-refractivity contribution in [3.05, 3.63) is 59.9 Å². The van der Waals surface area contributed by atoms with Crippen LogP contribution in [0.15, 0.2) is 47.5 Å². The maximum Gasteiger partial charge on any atom is 0.257 e. The molecule has 100 valence electrons.